The highest BCUT2D eigenvalue weighted by Crippen LogP contribution is 2.30. The van der Waals surface area contributed by atoms with E-state index in [1.54, 1.807) is 15.6 Å². The summed E-state index contributed by atoms with van der Waals surface area (Å²) in [5.41, 5.74) is 0.873. The molecule has 0 aliphatic carbocycles. The summed E-state index contributed by atoms with van der Waals surface area (Å²) < 4.78 is 27.6. The Morgan fingerprint density at radius 3 is 2.81 bits per heavy atom. The topological polar surface area (TPSA) is 49.4 Å². The lowest BCUT2D eigenvalue weighted by Gasteiger charge is -2.21. The van der Waals surface area contributed by atoms with Crippen molar-refractivity contribution in [3.63, 3.8) is 0 Å². The smallest absolute Gasteiger partial charge is 0.244 e. The van der Waals surface area contributed by atoms with Crippen LogP contribution in [0.1, 0.15) is 30.7 Å². The Morgan fingerprint density at radius 2 is 2.10 bits per heavy atom. The number of hydrogen-bond donors (Lipinski definition) is 1. The number of hydrogen-bond acceptors (Lipinski definition) is 5. The molecule has 7 heteroatoms. The number of sulfonamides is 1. The van der Waals surface area contributed by atoms with Crippen LogP contribution in [0.2, 0.25) is 0 Å². The van der Waals surface area contributed by atoms with Crippen molar-refractivity contribution in [3.8, 4) is 0 Å². The fourth-order valence-corrected chi connectivity index (χ4v) is 6.54. The fourth-order valence-electron chi connectivity index (χ4n) is 2.35. The normalized spacial score (nSPS) is 18.1. The molecule has 0 bridgehead atoms. The van der Waals surface area contributed by atoms with Gasteiger partial charge in [-0.3, -0.25) is 0 Å². The maximum Gasteiger partial charge on any atom is 0.244 e. The van der Waals surface area contributed by atoms with Gasteiger partial charge in [0.2, 0.25) is 10.0 Å². The van der Waals surface area contributed by atoms with Crippen molar-refractivity contribution >= 4 is 33.1 Å². The second kappa shape index (κ2) is 7.46. The highest BCUT2D eigenvalue weighted by atomic mass is 32.2. The van der Waals surface area contributed by atoms with Gasteiger partial charge in [-0.1, -0.05) is 13.8 Å². The minimum Gasteiger partial charge on any atom is -0.310 e. The van der Waals surface area contributed by atoms with Crippen molar-refractivity contribution in [2.24, 2.45) is 0 Å². The monoisotopic (exact) mass is 348 g/mol. The van der Waals surface area contributed by atoms with E-state index >= 15 is 0 Å². The molecule has 0 radical (unpaired) electrons. The van der Waals surface area contributed by atoms with Gasteiger partial charge in [-0.2, -0.15) is 16.1 Å². The van der Waals surface area contributed by atoms with E-state index in [-0.39, 0.29) is 0 Å². The van der Waals surface area contributed by atoms with Crippen molar-refractivity contribution in [2.75, 3.05) is 24.6 Å². The Balaban J connectivity index is 2.28. The summed E-state index contributed by atoms with van der Waals surface area (Å²) in [6.45, 7) is 7.92. The Bertz CT molecular complexity index is 559. The van der Waals surface area contributed by atoms with Crippen LogP contribution in [0, 0.1) is 6.92 Å². The summed E-state index contributed by atoms with van der Waals surface area (Å²) in [5.74, 6) is 1.94. The molecule has 0 atom stereocenters. The Kier molecular flexibility index (Phi) is 6.14. The molecule has 2 heterocycles. The quantitative estimate of drug-likeness (QED) is 0.889. The van der Waals surface area contributed by atoms with Crippen LogP contribution in [0.4, 0.5) is 0 Å². The second-order valence-corrected chi connectivity index (χ2v) is 9.64. The molecule has 21 heavy (non-hydrogen) atoms. The molecule has 0 spiro atoms. The maximum absolute atomic E-state index is 13.0. The molecule has 0 amide bonds. The van der Waals surface area contributed by atoms with Crippen molar-refractivity contribution in [1.29, 1.82) is 0 Å². The van der Waals surface area contributed by atoms with E-state index < -0.39 is 10.0 Å². The number of thiophene rings is 1. The number of thioether (sulfide) groups is 1. The van der Waals surface area contributed by atoms with E-state index in [9.17, 15) is 8.42 Å². The van der Waals surface area contributed by atoms with Gasteiger partial charge < -0.3 is 5.32 Å². The Morgan fingerprint density at radius 1 is 1.33 bits per heavy atom. The van der Waals surface area contributed by atoms with Gasteiger partial charge in [-0.25, -0.2) is 8.42 Å². The molecule has 1 saturated heterocycles. The number of rotatable bonds is 5. The van der Waals surface area contributed by atoms with E-state index in [0.29, 0.717) is 30.6 Å². The minimum atomic E-state index is -3.36. The molecule has 2 rings (SSSR count). The molecular weight excluding hydrogens is 324 g/mol. The van der Waals surface area contributed by atoms with Gasteiger partial charge >= 0.3 is 0 Å². The van der Waals surface area contributed by atoms with Gasteiger partial charge in [-0.15, -0.1) is 11.3 Å². The largest absolute Gasteiger partial charge is 0.310 e. The van der Waals surface area contributed by atoms with E-state index in [1.165, 1.54) is 0 Å². The zero-order valence-electron chi connectivity index (χ0n) is 12.9. The van der Waals surface area contributed by atoms with Crippen LogP contribution in [0.5, 0.6) is 0 Å². The first kappa shape index (κ1) is 17.3. The number of aryl methyl sites for hydroxylation is 1. The number of nitrogens with one attached hydrogen (secondary N) is 1. The van der Waals surface area contributed by atoms with Crippen molar-refractivity contribution in [3.05, 3.63) is 15.8 Å². The van der Waals surface area contributed by atoms with Crippen LogP contribution in [-0.4, -0.2) is 43.4 Å². The molecule has 0 saturated carbocycles. The average Bonchev–Trinajstić information content (AvgIpc) is 2.65. The summed E-state index contributed by atoms with van der Waals surface area (Å²) in [7, 11) is -3.36. The van der Waals surface area contributed by atoms with Crippen LogP contribution in [0.25, 0.3) is 0 Å². The molecule has 1 N–H and O–H groups in total. The zero-order chi connectivity index (χ0) is 15.5. The Hall–Kier alpha value is -0.0800. The SMILES string of the molecule is Cc1csc(CNC(C)C)c1S(=O)(=O)N1CCCSCC1. The van der Waals surface area contributed by atoms with Gasteiger partial charge in [-0.05, 0) is 30.0 Å². The molecule has 1 fully saturated rings. The summed E-state index contributed by atoms with van der Waals surface area (Å²) in [6.07, 6.45) is 0.937. The lowest BCUT2D eigenvalue weighted by molar-refractivity contribution is 0.434. The summed E-state index contributed by atoms with van der Waals surface area (Å²) >= 11 is 3.38. The molecule has 1 aliphatic rings. The molecule has 0 aromatic carbocycles. The van der Waals surface area contributed by atoms with Crippen molar-refractivity contribution < 1.29 is 8.42 Å². The number of nitrogens with zero attached hydrogens (tertiary/aromatic N) is 1. The standard InChI is InChI=1S/C14H24N2O2S3/c1-11(2)15-9-13-14(12(3)10-20-13)21(17,18)16-5-4-7-19-8-6-16/h10-11,15H,4-9H2,1-3H3. The van der Waals surface area contributed by atoms with Crippen LogP contribution in [-0.2, 0) is 16.6 Å². The zero-order valence-corrected chi connectivity index (χ0v) is 15.3. The lowest BCUT2D eigenvalue weighted by Crippen LogP contribution is -2.34. The molecular formula is C14H24N2O2S3. The summed E-state index contributed by atoms with van der Waals surface area (Å²) in [5, 5.41) is 5.28. The predicted octanol–water partition coefficient (Wildman–Crippen LogP) is 2.68. The highest BCUT2D eigenvalue weighted by Gasteiger charge is 2.30. The minimum absolute atomic E-state index is 0.345. The van der Waals surface area contributed by atoms with Crippen molar-refractivity contribution in [2.45, 2.75) is 44.7 Å². The van der Waals surface area contributed by atoms with Gasteiger partial charge in [0.1, 0.15) is 4.90 Å². The highest BCUT2D eigenvalue weighted by molar-refractivity contribution is 7.99. The summed E-state index contributed by atoms with van der Waals surface area (Å²) in [4.78, 5) is 1.46. The fraction of sp³-hybridized carbons (Fsp3) is 0.714. The summed E-state index contributed by atoms with van der Waals surface area (Å²) in [6, 6.07) is 0.345. The van der Waals surface area contributed by atoms with Gasteiger partial charge in [0.25, 0.3) is 0 Å². The van der Waals surface area contributed by atoms with E-state index in [4.69, 9.17) is 0 Å². The van der Waals surface area contributed by atoms with Crippen LogP contribution in [0.3, 0.4) is 0 Å². The van der Waals surface area contributed by atoms with E-state index in [2.05, 4.69) is 19.2 Å². The van der Waals surface area contributed by atoms with Gasteiger partial charge in [0.05, 0.1) is 0 Å². The molecule has 0 unspecified atom stereocenters. The molecule has 1 aliphatic heterocycles. The predicted molar refractivity (Wildman–Crippen MR) is 91.7 cm³/mol. The molecule has 4 nitrogen and oxygen atoms in total. The van der Waals surface area contributed by atoms with Gasteiger partial charge in [0.15, 0.2) is 0 Å². The van der Waals surface area contributed by atoms with E-state index in [0.717, 1.165) is 28.4 Å². The average molecular weight is 349 g/mol. The lowest BCUT2D eigenvalue weighted by atomic mass is 10.3. The molecule has 1 aromatic heterocycles. The molecule has 1 aromatic rings. The first-order valence-corrected chi connectivity index (χ1v) is 10.8. The third-order valence-corrected chi connectivity index (χ3v) is 7.85. The van der Waals surface area contributed by atoms with Crippen LogP contribution in [0.15, 0.2) is 10.3 Å². The molecule has 120 valence electrons. The maximum atomic E-state index is 13.0. The van der Waals surface area contributed by atoms with Crippen LogP contribution < -0.4 is 5.32 Å². The first-order chi connectivity index (χ1) is 9.93. The van der Waals surface area contributed by atoms with Gasteiger partial charge in [0, 0.05) is 36.3 Å². The van der Waals surface area contributed by atoms with Crippen LogP contribution >= 0.6 is 23.1 Å². The third kappa shape index (κ3) is 4.22. The first-order valence-electron chi connectivity index (χ1n) is 7.31. The second-order valence-electron chi connectivity index (χ2n) is 5.58. The third-order valence-electron chi connectivity index (χ3n) is 3.44. The Labute approximate surface area is 136 Å². The van der Waals surface area contributed by atoms with Crippen molar-refractivity contribution in [1.82, 2.24) is 9.62 Å². The van der Waals surface area contributed by atoms with E-state index in [1.807, 2.05) is 24.1 Å².